The normalized spacial score (nSPS) is 18.2. The smallest absolute Gasteiger partial charge is 0.233 e. The highest BCUT2D eigenvalue weighted by Crippen LogP contribution is 2.38. The number of hydrogen-bond donors (Lipinski definition) is 2. The standard InChI is InChI=1S/C16H21FN2OS/c1-11(10-12-4-6-13(17)7-5-12)19-15(20)16(14(18)21)8-2-3-9-16/h4-7,11H,2-3,8-10H2,1H3,(H2,18,21)(H,19,20). The van der Waals surface area contributed by atoms with Crippen molar-refractivity contribution >= 4 is 23.1 Å². The van der Waals surface area contributed by atoms with E-state index in [0.29, 0.717) is 11.4 Å². The number of nitrogens with one attached hydrogen (secondary N) is 1. The van der Waals surface area contributed by atoms with Crippen LogP contribution in [0.2, 0.25) is 0 Å². The summed E-state index contributed by atoms with van der Waals surface area (Å²) in [5.41, 5.74) is 6.12. The second kappa shape index (κ2) is 6.52. The third-order valence-electron chi connectivity index (χ3n) is 4.20. The first-order valence-electron chi connectivity index (χ1n) is 7.29. The number of rotatable bonds is 5. The van der Waals surface area contributed by atoms with Crippen molar-refractivity contribution in [2.45, 2.75) is 45.1 Å². The molecule has 1 aliphatic carbocycles. The van der Waals surface area contributed by atoms with Crippen molar-refractivity contribution in [2.24, 2.45) is 11.1 Å². The van der Waals surface area contributed by atoms with Crippen molar-refractivity contribution in [1.82, 2.24) is 5.32 Å². The number of carbonyl (C=O) groups is 1. The third-order valence-corrected chi connectivity index (χ3v) is 4.59. The largest absolute Gasteiger partial charge is 0.392 e. The van der Waals surface area contributed by atoms with Crippen LogP contribution in [0.15, 0.2) is 24.3 Å². The van der Waals surface area contributed by atoms with Gasteiger partial charge in [0.2, 0.25) is 5.91 Å². The maximum absolute atomic E-state index is 12.9. The van der Waals surface area contributed by atoms with Crippen molar-refractivity contribution in [2.75, 3.05) is 0 Å². The average molecular weight is 308 g/mol. The monoisotopic (exact) mass is 308 g/mol. The topological polar surface area (TPSA) is 55.1 Å². The van der Waals surface area contributed by atoms with Gasteiger partial charge in [0.25, 0.3) is 0 Å². The predicted octanol–water partition coefficient (Wildman–Crippen LogP) is 2.72. The summed E-state index contributed by atoms with van der Waals surface area (Å²) in [5, 5.41) is 3.01. The van der Waals surface area contributed by atoms with Gasteiger partial charge >= 0.3 is 0 Å². The van der Waals surface area contributed by atoms with E-state index in [-0.39, 0.29) is 17.8 Å². The van der Waals surface area contributed by atoms with E-state index in [2.05, 4.69) is 5.32 Å². The Morgan fingerprint density at radius 3 is 2.48 bits per heavy atom. The van der Waals surface area contributed by atoms with E-state index in [1.165, 1.54) is 12.1 Å². The SMILES string of the molecule is CC(Cc1ccc(F)cc1)NC(=O)C1(C(N)=S)CCCC1. The Morgan fingerprint density at radius 2 is 1.95 bits per heavy atom. The van der Waals surface area contributed by atoms with E-state index in [4.69, 9.17) is 18.0 Å². The summed E-state index contributed by atoms with van der Waals surface area (Å²) < 4.78 is 12.9. The van der Waals surface area contributed by atoms with Crippen LogP contribution in [-0.4, -0.2) is 16.9 Å². The predicted molar refractivity (Wildman–Crippen MR) is 85.4 cm³/mol. The molecule has 2 rings (SSSR count). The van der Waals surface area contributed by atoms with E-state index >= 15 is 0 Å². The van der Waals surface area contributed by atoms with Gasteiger partial charge < -0.3 is 11.1 Å². The molecule has 1 amide bonds. The molecule has 0 aromatic heterocycles. The highest BCUT2D eigenvalue weighted by Gasteiger charge is 2.44. The molecule has 0 heterocycles. The molecule has 0 spiro atoms. The fourth-order valence-corrected chi connectivity index (χ4v) is 3.25. The Hall–Kier alpha value is -1.49. The second-order valence-corrected chi connectivity index (χ2v) is 6.30. The van der Waals surface area contributed by atoms with E-state index in [0.717, 1.165) is 31.2 Å². The number of carbonyl (C=O) groups excluding carboxylic acids is 1. The summed E-state index contributed by atoms with van der Waals surface area (Å²) in [6.07, 6.45) is 4.09. The number of hydrogen-bond acceptors (Lipinski definition) is 2. The first-order chi connectivity index (χ1) is 9.94. The molecule has 1 unspecified atom stereocenters. The number of nitrogens with two attached hydrogens (primary N) is 1. The molecule has 21 heavy (non-hydrogen) atoms. The van der Waals surface area contributed by atoms with Gasteiger partial charge in [-0.05, 0) is 43.9 Å². The van der Waals surface area contributed by atoms with Crippen LogP contribution in [0.25, 0.3) is 0 Å². The van der Waals surface area contributed by atoms with Gasteiger partial charge in [-0.1, -0.05) is 37.2 Å². The molecule has 0 aliphatic heterocycles. The van der Waals surface area contributed by atoms with Crippen molar-refractivity contribution in [3.63, 3.8) is 0 Å². The van der Waals surface area contributed by atoms with Gasteiger partial charge in [-0.25, -0.2) is 4.39 Å². The van der Waals surface area contributed by atoms with Crippen molar-refractivity contribution < 1.29 is 9.18 Å². The first-order valence-corrected chi connectivity index (χ1v) is 7.70. The van der Waals surface area contributed by atoms with Crippen LogP contribution in [0.4, 0.5) is 4.39 Å². The molecule has 0 saturated heterocycles. The summed E-state index contributed by atoms with van der Waals surface area (Å²) in [7, 11) is 0. The number of amides is 1. The Bertz CT molecular complexity index is 524. The molecule has 1 aromatic carbocycles. The lowest BCUT2D eigenvalue weighted by atomic mass is 9.84. The highest BCUT2D eigenvalue weighted by atomic mass is 32.1. The van der Waals surface area contributed by atoms with Crippen LogP contribution >= 0.6 is 12.2 Å². The van der Waals surface area contributed by atoms with Crippen LogP contribution in [0.3, 0.4) is 0 Å². The summed E-state index contributed by atoms with van der Waals surface area (Å²) in [5.74, 6) is -0.323. The Kier molecular flexibility index (Phi) is 4.93. The lowest BCUT2D eigenvalue weighted by Gasteiger charge is -2.28. The lowest BCUT2D eigenvalue weighted by molar-refractivity contribution is -0.127. The Labute approximate surface area is 130 Å². The van der Waals surface area contributed by atoms with Crippen molar-refractivity contribution in [3.05, 3.63) is 35.6 Å². The molecule has 3 N–H and O–H groups in total. The fourth-order valence-electron chi connectivity index (χ4n) is 2.95. The summed E-state index contributed by atoms with van der Waals surface area (Å²) in [6.45, 7) is 1.93. The van der Waals surface area contributed by atoms with E-state index in [9.17, 15) is 9.18 Å². The minimum Gasteiger partial charge on any atom is -0.392 e. The zero-order chi connectivity index (χ0) is 15.5. The van der Waals surface area contributed by atoms with Gasteiger partial charge in [0.1, 0.15) is 5.82 Å². The molecule has 1 fully saturated rings. The molecule has 3 nitrogen and oxygen atoms in total. The van der Waals surface area contributed by atoms with Crippen molar-refractivity contribution in [3.8, 4) is 0 Å². The van der Waals surface area contributed by atoms with E-state index in [1.54, 1.807) is 12.1 Å². The minimum absolute atomic E-state index is 0.0465. The van der Waals surface area contributed by atoms with Crippen LogP contribution in [0.5, 0.6) is 0 Å². The molecule has 5 heteroatoms. The van der Waals surface area contributed by atoms with Crippen LogP contribution in [0.1, 0.15) is 38.2 Å². The summed E-state index contributed by atoms with van der Waals surface area (Å²) in [6, 6.07) is 6.28. The lowest BCUT2D eigenvalue weighted by Crippen LogP contribution is -2.50. The van der Waals surface area contributed by atoms with Crippen molar-refractivity contribution in [1.29, 1.82) is 0 Å². The maximum atomic E-state index is 12.9. The molecular formula is C16H21FN2OS. The van der Waals surface area contributed by atoms with Gasteiger partial charge in [0, 0.05) is 6.04 Å². The number of halogens is 1. The van der Waals surface area contributed by atoms with Crippen LogP contribution in [0, 0.1) is 11.2 Å². The molecule has 0 radical (unpaired) electrons. The third kappa shape index (κ3) is 3.59. The Balaban J connectivity index is 1.98. The molecule has 1 atom stereocenters. The second-order valence-electron chi connectivity index (χ2n) is 5.86. The van der Waals surface area contributed by atoms with Gasteiger partial charge in [-0.15, -0.1) is 0 Å². The molecule has 0 bridgehead atoms. The first kappa shape index (κ1) is 15.9. The van der Waals surface area contributed by atoms with Gasteiger partial charge in [-0.2, -0.15) is 0 Å². The van der Waals surface area contributed by atoms with Crippen LogP contribution in [-0.2, 0) is 11.2 Å². The van der Waals surface area contributed by atoms with Gasteiger partial charge in [0.05, 0.1) is 10.4 Å². The molecular weight excluding hydrogens is 287 g/mol. The number of benzene rings is 1. The van der Waals surface area contributed by atoms with E-state index in [1.807, 2.05) is 6.92 Å². The van der Waals surface area contributed by atoms with E-state index < -0.39 is 5.41 Å². The minimum atomic E-state index is -0.674. The average Bonchev–Trinajstić information content (AvgIpc) is 2.92. The zero-order valence-corrected chi connectivity index (χ0v) is 13.0. The highest BCUT2D eigenvalue weighted by molar-refractivity contribution is 7.80. The number of thiocarbonyl (C=S) groups is 1. The maximum Gasteiger partial charge on any atom is 0.233 e. The molecule has 1 aromatic rings. The summed E-state index contributed by atoms with van der Waals surface area (Å²) >= 11 is 5.12. The van der Waals surface area contributed by atoms with Crippen LogP contribution < -0.4 is 11.1 Å². The molecule has 1 aliphatic rings. The molecule has 114 valence electrons. The zero-order valence-electron chi connectivity index (χ0n) is 12.2. The summed E-state index contributed by atoms with van der Waals surface area (Å²) in [4.78, 5) is 12.8. The fraction of sp³-hybridized carbons (Fsp3) is 0.500. The van der Waals surface area contributed by atoms with Gasteiger partial charge in [-0.3, -0.25) is 4.79 Å². The quantitative estimate of drug-likeness (QED) is 0.822. The molecule has 1 saturated carbocycles. The van der Waals surface area contributed by atoms with Gasteiger partial charge in [0.15, 0.2) is 0 Å². The Morgan fingerprint density at radius 1 is 1.38 bits per heavy atom.